The third-order valence-electron chi connectivity index (χ3n) is 2.52. The highest BCUT2D eigenvalue weighted by atomic mass is 16.5. The summed E-state index contributed by atoms with van der Waals surface area (Å²) in [5.74, 6) is 0. The first-order valence-corrected chi connectivity index (χ1v) is 4.42. The molecule has 1 aromatic rings. The molecular formula is C11H17NO. The van der Waals surface area contributed by atoms with E-state index in [1.165, 1.54) is 11.1 Å². The number of hydrogen-bond acceptors (Lipinski definition) is 2. The summed E-state index contributed by atoms with van der Waals surface area (Å²) < 4.78 is 5.10. The van der Waals surface area contributed by atoms with Gasteiger partial charge in [0, 0.05) is 18.4 Å². The number of ether oxygens (including phenoxy) is 1. The van der Waals surface area contributed by atoms with Gasteiger partial charge in [0.05, 0.1) is 6.61 Å². The largest absolute Gasteiger partial charge is 0.398 e. The summed E-state index contributed by atoms with van der Waals surface area (Å²) in [6.07, 6.45) is 0. The molecule has 0 aliphatic carbocycles. The van der Waals surface area contributed by atoms with Gasteiger partial charge in [0.25, 0.3) is 0 Å². The van der Waals surface area contributed by atoms with Crippen LogP contribution in [0.2, 0.25) is 0 Å². The fourth-order valence-corrected chi connectivity index (χ4v) is 1.51. The topological polar surface area (TPSA) is 35.2 Å². The molecule has 0 saturated heterocycles. The smallest absolute Gasteiger partial charge is 0.0735 e. The minimum absolute atomic E-state index is 0.596. The highest BCUT2D eigenvalue weighted by Gasteiger charge is 2.07. The average molecular weight is 179 g/mol. The van der Waals surface area contributed by atoms with Crippen LogP contribution in [0.3, 0.4) is 0 Å². The molecule has 0 atom stereocenters. The molecule has 0 aliphatic rings. The standard InChI is InChI=1S/C11H17NO/c1-7-5-8(2)10(6-13-4)11(12)9(7)3/h5H,6,12H2,1-4H3. The highest BCUT2D eigenvalue weighted by molar-refractivity contribution is 5.59. The Bertz CT molecular complexity index is 318. The van der Waals surface area contributed by atoms with Crippen molar-refractivity contribution in [3.05, 3.63) is 28.3 Å². The van der Waals surface area contributed by atoms with Gasteiger partial charge in [0.15, 0.2) is 0 Å². The van der Waals surface area contributed by atoms with E-state index < -0.39 is 0 Å². The van der Waals surface area contributed by atoms with Gasteiger partial charge in [-0.2, -0.15) is 0 Å². The van der Waals surface area contributed by atoms with E-state index >= 15 is 0 Å². The van der Waals surface area contributed by atoms with Gasteiger partial charge >= 0.3 is 0 Å². The zero-order valence-corrected chi connectivity index (χ0v) is 8.77. The molecule has 2 N–H and O–H groups in total. The maximum Gasteiger partial charge on any atom is 0.0735 e. The van der Waals surface area contributed by atoms with E-state index in [4.69, 9.17) is 10.5 Å². The van der Waals surface area contributed by atoms with Crippen LogP contribution >= 0.6 is 0 Å². The van der Waals surface area contributed by atoms with Crippen LogP contribution in [0.15, 0.2) is 6.07 Å². The lowest BCUT2D eigenvalue weighted by molar-refractivity contribution is 0.185. The third kappa shape index (κ3) is 1.83. The highest BCUT2D eigenvalue weighted by Crippen LogP contribution is 2.24. The Morgan fingerprint density at radius 1 is 1.23 bits per heavy atom. The number of rotatable bonds is 2. The Labute approximate surface area is 79.7 Å². The normalized spacial score (nSPS) is 10.5. The van der Waals surface area contributed by atoms with Crippen molar-refractivity contribution in [1.29, 1.82) is 0 Å². The van der Waals surface area contributed by atoms with Crippen LogP contribution in [0.5, 0.6) is 0 Å². The fraction of sp³-hybridized carbons (Fsp3) is 0.455. The SMILES string of the molecule is COCc1c(C)cc(C)c(C)c1N. The Hall–Kier alpha value is -1.02. The average Bonchev–Trinajstić information content (AvgIpc) is 2.09. The number of nitrogen functional groups attached to an aromatic ring is 1. The van der Waals surface area contributed by atoms with Crippen LogP contribution in [0.1, 0.15) is 22.3 Å². The van der Waals surface area contributed by atoms with Crippen LogP contribution in [-0.4, -0.2) is 7.11 Å². The first-order valence-electron chi connectivity index (χ1n) is 4.42. The van der Waals surface area contributed by atoms with E-state index in [-0.39, 0.29) is 0 Å². The van der Waals surface area contributed by atoms with Gasteiger partial charge in [-0.3, -0.25) is 0 Å². The quantitative estimate of drug-likeness (QED) is 0.707. The number of nitrogens with two attached hydrogens (primary N) is 1. The van der Waals surface area contributed by atoms with Crippen molar-refractivity contribution in [2.24, 2.45) is 0 Å². The number of hydrogen-bond donors (Lipinski definition) is 1. The van der Waals surface area contributed by atoms with Gasteiger partial charge < -0.3 is 10.5 Å². The summed E-state index contributed by atoms with van der Waals surface area (Å²) in [6.45, 7) is 6.79. The lowest BCUT2D eigenvalue weighted by atomic mass is 9.98. The molecule has 0 heterocycles. The van der Waals surface area contributed by atoms with Gasteiger partial charge in [-0.1, -0.05) is 6.07 Å². The molecule has 1 aromatic carbocycles. The predicted molar refractivity (Wildman–Crippen MR) is 55.8 cm³/mol. The van der Waals surface area contributed by atoms with Crippen molar-refractivity contribution in [3.63, 3.8) is 0 Å². The van der Waals surface area contributed by atoms with E-state index in [1.807, 2.05) is 6.92 Å². The first-order chi connectivity index (χ1) is 6.07. The second kappa shape index (κ2) is 3.79. The van der Waals surface area contributed by atoms with E-state index in [1.54, 1.807) is 7.11 Å². The summed E-state index contributed by atoms with van der Waals surface area (Å²) >= 11 is 0. The van der Waals surface area contributed by atoms with Crippen molar-refractivity contribution >= 4 is 5.69 Å². The minimum atomic E-state index is 0.596. The Morgan fingerprint density at radius 2 is 1.85 bits per heavy atom. The predicted octanol–water partition coefficient (Wildman–Crippen LogP) is 2.34. The summed E-state index contributed by atoms with van der Waals surface area (Å²) in [7, 11) is 1.69. The maximum atomic E-state index is 5.99. The second-order valence-electron chi connectivity index (χ2n) is 3.46. The molecule has 72 valence electrons. The summed E-state index contributed by atoms with van der Waals surface area (Å²) in [4.78, 5) is 0. The molecule has 2 nitrogen and oxygen atoms in total. The molecular weight excluding hydrogens is 162 g/mol. The molecule has 2 heteroatoms. The Morgan fingerprint density at radius 3 is 2.38 bits per heavy atom. The van der Waals surface area contributed by atoms with Crippen LogP contribution in [-0.2, 0) is 11.3 Å². The number of aryl methyl sites for hydroxylation is 2. The molecule has 0 bridgehead atoms. The fourth-order valence-electron chi connectivity index (χ4n) is 1.51. The van der Waals surface area contributed by atoms with Gasteiger partial charge in [-0.25, -0.2) is 0 Å². The lowest BCUT2D eigenvalue weighted by Gasteiger charge is -2.13. The molecule has 0 radical (unpaired) electrons. The monoisotopic (exact) mass is 179 g/mol. The number of benzene rings is 1. The maximum absolute atomic E-state index is 5.99. The van der Waals surface area contributed by atoms with Gasteiger partial charge in [-0.15, -0.1) is 0 Å². The van der Waals surface area contributed by atoms with Gasteiger partial charge in [0.2, 0.25) is 0 Å². The molecule has 0 amide bonds. The van der Waals surface area contributed by atoms with Crippen LogP contribution in [0.4, 0.5) is 5.69 Å². The van der Waals surface area contributed by atoms with Crippen molar-refractivity contribution in [2.75, 3.05) is 12.8 Å². The molecule has 1 rings (SSSR count). The van der Waals surface area contributed by atoms with Crippen molar-refractivity contribution in [1.82, 2.24) is 0 Å². The molecule has 13 heavy (non-hydrogen) atoms. The van der Waals surface area contributed by atoms with E-state index in [0.29, 0.717) is 6.61 Å². The summed E-state index contributed by atoms with van der Waals surface area (Å²) in [5, 5.41) is 0. The van der Waals surface area contributed by atoms with E-state index in [9.17, 15) is 0 Å². The first kappa shape index (κ1) is 10.1. The molecule has 0 aliphatic heterocycles. The zero-order valence-electron chi connectivity index (χ0n) is 8.77. The second-order valence-corrected chi connectivity index (χ2v) is 3.46. The van der Waals surface area contributed by atoms with Crippen LogP contribution in [0.25, 0.3) is 0 Å². The van der Waals surface area contributed by atoms with Crippen molar-refractivity contribution in [2.45, 2.75) is 27.4 Å². The number of methoxy groups -OCH3 is 1. The summed E-state index contributed by atoms with van der Waals surface area (Å²) in [5.41, 5.74) is 11.6. The molecule has 0 aromatic heterocycles. The lowest BCUT2D eigenvalue weighted by Crippen LogP contribution is -2.03. The molecule has 0 spiro atoms. The summed E-state index contributed by atoms with van der Waals surface area (Å²) in [6, 6.07) is 2.15. The van der Waals surface area contributed by atoms with Crippen LogP contribution in [0, 0.1) is 20.8 Å². The molecule has 0 saturated carbocycles. The van der Waals surface area contributed by atoms with Gasteiger partial charge in [-0.05, 0) is 37.5 Å². The minimum Gasteiger partial charge on any atom is -0.398 e. The van der Waals surface area contributed by atoms with Gasteiger partial charge in [0.1, 0.15) is 0 Å². The zero-order chi connectivity index (χ0) is 10.0. The Kier molecular flexibility index (Phi) is 2.94. The van der Waals surface area contributed by atoms with E-state index in [0.717, 1.165) is 16.8 Å². The third-order valence-corrected chi connectivity index (χ3v) is 2.52. The van der Waals surface area contributed by atoms with Crippen molar-refractivity contribution in [3.8, 4) is 0 Å². The molecule has 0 unspecified atom stereocenters. The van der Waals surface area contributed by atoms with Crippen LogP contribution < -0.4 is 5.73 Å². The van der Waals surface area contributed by atoms with E-state index in [2.05, 4.69) is 19.9 Å². The van der Waals surface area contributed by atoms with Crippen molar-refractivity contribution < 1.29 is 4.74 Å². The molecule has 0 fully saturated rings. The Balaban J connectivity index is 3.26. The number of anilines is 1.